The SMILES string of the molecule is O=C(O)c1cccc2c1C(=O)[C@@H](Cc1c(F)cccc1Cl)N2. The van der Waals surface area contributed by atoms with Crippen molar-refractivity contribution in [1.82, 2.24) is 0 Å². The molecule has 2 aromatic rings. The summed E-state index contributed by atoms with van der Waals surface area (Å²) < 4.78 is 13.8. The van der Waals surface area contributed by atoms with E-state index in [0.29, 0.717) is 5.69 Å². The Kier molecular flexibility index (Phi) is 3.58. The van der Waals surface area contributed by atoms with Crippen LogP contribution in [0.4, 0.5) is 10.1 Å². The molecular formula is C16H11ClFNO3. The van der Waals surface area contributed by atoms with E-state index in [1.54, 1.807) is 18.2 Å². The fourth-order valence-corrected chi connectivity index (χ4v) is 2.86. The summed E-state index contributed by atoms with van der Waals surface area (Å²) in [5.41, 5.74) is 0.756. The largest absolute Gasteiger partial charge is 0.478 e. The second-order valence-electron chi connectivity index (χ2n) is 5.00. The van der Waals surface area contributed by atoms with Gasteiger partial charge in [0, 0.05) is 22.7 Å². The van der Waals surface area contributed by atoms with Crippen molar-refractivity contribution in [3.8, 4) is 0 Å². The van der Waals surface area contributed by atoms with Crippen molar-refractivity contribution in [1.29, 1.82) is 0 Å². The number of hydrogen-bond acceptors (Lipinski definition) is 3. The zero-order valence-corrected chi connectivity index (χ0v) is 12.0. The lowest BCUT2D eigenvalue weighted by Crippen LogP contribution is -2.26. The molecule has 0 fully saturated rings. The van der Waals surface area contributed by atoms with E-state index >= 15 is 0 Å². The number of ketones is 1. The fourth-order valence-electron chi connectivity index (χ4n) is 2.62. The highest BCUT2D eigenvalue weighted by Crippen LogP contribution is 2.32. The summed E-state index contributed by atoms with van der Waals surface area (Å²) >= 11 is 5.98. The Labute approximate surface area is 130 Å². The molecule has 1 aliphatic rings. The van der Waals surface area contributed by atoms with E-state index < -0.39 is 17.8 Å². The molecule has 1 heterocycles. The van der Waals surface area contributed by atoms with Crippen LogP contribution in [0.2, 0.25) is 5.02 Å². The maximum Gasteiger partial charge on any atom is 0.336 e. The van der Waals surface area contributed by atoms with Crippen molar-refractivity contribution in [3.63, 3.8) is 0 Å². The predicted octanol–water partition coefficient (Wildman–Crippen LogP) is 3.40. The molecule has 0 spiro atoms. The smallest absolute Gasteiger partial charge is 0.336 e. The second kappa shape index (κ2) is 5.42. The van der Waals surface area contributed by atoms with E-state index in [2.05, 4.69) is 5.32 Å². The average molecular weight is 320 g/mol. The minimum atomic E-state index is -1.17. The first-order valence-electron chi connectivity index (χ1n) is 6.59. The highest BCUT2D eigenvalue weighted by Gasteiger charge is 2.34. The van der Waals surface area contributed by atoms with Gasteiger partial charge in [-0.25, -0.2) is 9.18 Å². The number of halogens is 2. The number of hydrogen-bond donors (Lipinski definition) is 2. The molecule has 0 aliphatic carbocycles. The Morgan fingerprint density at radius 1 is 1.27 bits per heavy atom. The summed E-state index contributed by atoms with van der Waals surface area (Å²) in [6, 6.07) is 8.14. The van der Waals surface area contributed by atoms with Crippen molar-refractivity contribution >= 4 is 29.0 Å². The summed E-state index contributed by atoms with van der Waals surface area (Å²) in [4.78, 5) is 23.7. The number of carboxylic acids is 1. The monoisotopic (exact) mass is 319 g/mol. The molecule has 2 aromatic carbocycles. The van der Waals surface area contributed by atoms with E-state index in [0.717, 1.165) is 0 Å². The molecule has 0 radical (unpaired) electrons. The van der Waals surface area contributed by atoms with Crippen LogP contribution < -0.4 is 5.32 Å². The number of aromatic carboxylic acids is 1. The first-order valence-corrected chi connectivity index (χ1v) is 6.96. The van der Waals surface area contributed by atoms with E-state index in [1.807, 2.05) is 0 Å². The lowest BCUT2D eigenvalue weighted by atomic mass is 9.98. The summed E-state index contributed by atoms with van der Waals surface area (Å²) in [6.07, 6.45) is 0.0536. The molecule has 3 rings (SSSR count). The van der Waals surface area contributed by atoms with Crippen molar-refractivity contribution in [3.05, 3.63) is 63.9 Å². The van der Waals surface area contributed by atoms with Crippen LogP contribution in [0.1, 0.15) is 26.3 Å². The summed E-state index contributed by atoms with van der Waals surface area (Å²) in [7, 11) is 0. The summed E-state index contributed by atoms with van der Waals surface area (Å²) in [6.45, 7) is 0. The van der Waals surface area contributed by atoms with Gasteiger partial charge in [-0.3, -0.25) is 4.79 Å². The number of carboxylic acid groups (broad SMARTS) is 1. The third kappa shape index (κ3) is 2.33. The predicted molar refractivity (Wildman–Crippen MR) is 80.3 cm³/mol. The molecular weight excluding hydrogens is 309 g/mol. The lowest BCUT2D eigenvalue weighted by molar-refractivity contribution is 0.0692. The van der Waals surface area contributed by atoms with Crippen LogP contribution in [-0.4, -0.2) is 22.9 Å². The first kappa shape index (κ1) is 14.5. The van der Waals surface area contributed by atoms with Crippen molar-refractivity contribution in [2.24, 2.45) is 0 Å². The number of carbonyl (C=O) groups excluding carboxylic acids is 1. The minimum Gasteiger partial charge on any atom is -0.478 e. The molecule has 4 nitrogen and oxygen atoms in total. The van der Waals surface area contributed by atoms with Crippen LogP contribution in [-0.2, 0) is 6.42 Å². The highest BCUT2D eigenvalue weighted by atomic mass is 35.5. The number of rotatable bonds is 3. The van der Waals surface area contributed by atoms with Gasteiger partial charge in [0.1, 0.15) is 5.82 Å². The van der Waals surface area contributed by atoms with Gasteiger partial charge in [-0.2, -0.15) is 0 Å². The Balaban J connectivity index is 1.95. The van der Waals surface area contributed by atoms with E-state index in [4.69, 9.17) is 16.7 Å². The molecule has 0 saturated heterocycles. The van der Waals surface area contributed by atoms with Gasteiger partial charge in [0.15, 0.2) is 5.78 Å². The number of carbonyl (C=O) groups is 2. The molecule has 0 saturated carbocycles. The van der Waals surface area contributed by atoms with Crippen LogP contribution in [0.5, 0.6) is 0 Å². The van der Waals surface area contributed by atoms with Gasteiger partial charge in [-0.05, 0) is 24.3 Å². The maximum atomic E-state index is 13.8. The number of benzene rings is 2. The first-order chi connectivity index (χ1) is 10.5. The third-order valence-electron chi connectivity index (χ3n) is 3.66. The maximum absolute atomic E-state index is 13.8. The minimum absolute atomic E-state index is 0.0536. The highest BCUT2D eigenvalue weighted by molar-refractivity contribution is 6.31. The van der Waals surface area contributed by atoms with Crippen molar-refractivity contribution in [2.45, 2.75) is 12.5 Å². The Morgan fingerprint density at radius 2 is 2.00 bits per heavy atom. The molecule has 22 heavy (non-hydrogen) atoms. The topological polar surface area (TPSA) is 66.4 Å². The van der Waals surface area contributed by atoms with E-state index in [9.17, 15) is 14.0 Å². The van der Waals surface area contributed by atoms with Gasteiger partial charge in [0.05, 0.1) is 17.2 Å². The Hall–Kier alpha value is -2.40. The van der Waals surface area contributed by atoms with Crippen molar-refractivity contribution in [2.75, 3.05) is 5.32 Å². The molecule has 0 bridgehead atoms. The molecule has 0 aromatic heterocycles. The Bertz CT molecular complexity index is 771. The third-order valence-corrected chi connectivity index (χ3v) is 4.01. The van der Waals surface area contributed by atoms with Crippen LogP contribution >= 0.6 is 11.6 Å². The standard InChI is InChI=1S/C16H11ClFNO3/c17-10-4-2-5-11(18)9(10)7-13-15(20)14-8(16(21)22)3-1-6-12(14)19-13/h1-6,13,19H,7H2,(H,21,22)/t13-/m1/s1. The van der Waals surface area contributed by atoms with Crippen LogP contribution in [0.15, 0.2) is 36.4 Å². The molecule has 1 atom stereocenters. The molecule has 112 valence electrons. The van der Waals surface area contributed by atoms with E-state index in [-0.39, 0.29) is 33.9 Å². The quantitative estimate of drug-likeness (QED) is 0.910. The van der Waals surface area contributed by atoms with Gasteiger partial charge in [-0.15, -0.1) is 0 Å². The average Bonchev–Trinajstić information content (AvgIpc) is 2.79. The molecule has 1 aliphatic heterocycles. The van der Waals surface area contributed by atoms with Gasteiger partial charge in [0.25, 0.3) is 0 Å². The van der Waals surface area contributed by atoms with Crippen LogP contribution in [0.25, 0.3) is 0 Å². The van der Waals surface area contributed by atoms with E-state index in [1.165, 1.54) is 18.2 Å². The van der Waals surface area contributed by atoms with Crippen molar-refractivity contribution < 1.29 is 19.1 Å². The van der Waals surface area contributed by atoms with Gasteiger partial charge in [0.2, 0.25) is 0 Å². The number of nitrogens with one attached hydrogen (secondary N) is 1. The van der Waals surface area contributed by atoms with Crippen LogP contribution in [0.3, 0.4) is 0 Å². The second-order valence-corrected chi connectivity index (χ2v) is 5.41. The molecule has 2 N–H and O–H groups in total. The van der Waals surface area contributed by atoms with Gasteiger partial charge < -0.3 is 10.4 Å². The molecule has 0 amide bonds. The number of fused-ring (bicyclic) bond motifs is 1. The number of anilines is 1. The van der Waals surface area contributed by atoms with Gasteiger partial charge in [-0.1, -0.05) is 23.7 Å². The zero-order valence-electron chi connectivity index (χ0n) is 11.3. The summed E-state index contributed by atoms with van der Waals surface area (Å²) in [5.74, 6) is -2.03. The fraction of sp³-hybridized carbons (Fsp3) is 0.125. The molecule has 6 heteroatoms. The lowest BCUT2D eigenvalue weighted by Gasteiger charge is -2.12. The number of Topliss-reactive ketones (excluding diaryl/α,β-unsaturated/α-hetero) is 1. The summed E-state index contributed by atoms with van der Waals surface area (Å²) in [5, 5.41) is 12.4. The Morgan fingerprint density at radius 3 is 2.68 bits per heavy atom. The zero-order chi connectivity index (χ0) is 15.9. The van der Waals surface area contributed by atoms with Gasteiger partial charge >= 0.3 is 5.97 Å². The van der Waals surface area contributed by atoms with Crippen LogP contribution in [0, 0.1) is 5.82 Å². The molecule has 0 unspecified atom stereocenters. The normalized spacial score (nSPS) is 16.3.